The second-order valence-electron chi connectivity index (χ2n) is 4.99. The number of benzene rings is 1. The van der Waals surface area contributed by atoms with E-state index in [2.05, 4.69) is 23.9 Å². The molecule has 1 rings (SSSR count). The quantitative estimate of drug-likeness (QED) is 0.737. The number of nitrogens with zero attached hydrogens (tertiary/aromatic N) is 1. The third-order valence-electron chi connectivity index (χ3n) is 3.40. The maximum atomic E-state index is 12.1. The Balaban J connectivity index is 2.74. The first-order valence-electron chi connectivity index (χ1n) is 7.55. The highest BCUT2D eigenvalue weighted by Crippen LogP contribution is 2.17. The number of anilines is 1. The van der Waals surface area contributed by atoms with Crippen molar-refractivity contribution in [2.45, 2.75) is 40.2 Å². The molecule has 21 heavy (non-hydrogen) atoms. The second-order valence-corrected chi connectivity index (χ2v) is 6.66. The molecular weight excluding hydrogens is 286 g/mol. The van der Waals surface area contributed by atoms with Gasteiger partial charge in [0.1, 0.15) is 0 Å². The lowest BCUT2D eigenvalue weighted by atomic mass is 10.1. The lowest BCUT2D eigenvalue weighted by Crippen LogP contribution is -2.35. The molecule has 0 saturated carbocycles. The predicted molar refractivity (Wildman–Crippen MR) is 88.6 cm³/mol. The third-order valence-corrected chi connectivity index (χ3v) is 5.09. The van der Waals surface area contributed by atoms with Gasteiger partial charge >= 0.3 is 10.2 Å². The first-order valence-corrected chi connectivity index (χ1v) is 8.99. The van der Waals surface area contributed by atoms with Crippen LogP contribution in [0.25, 0.3) is 0 Å². The van der Waals surface area contributed by atoms with Gasteiger partial charge in [-0.1, -0.05) is 32.9 Å². The minimum absolute atomic E-state index is 0.262. The fourth-order valence-corrected chi connectivity index (χ4v) is 3.34. The van der Waals surface area contributed by atoms with Gasteiger partial charge in [0, 0.05) is 24.8 Å². The van der Waals surface area contributed by atoms with Crippen LogP contribution in [0.2, 0.25) is 0 Å². The van der Waals surface area contributed by atoms with Crippen LogP contribution in [0.1, 0.15) is 45.7 Å². The molecule has 120 valence electrons. The summed E-state index contributed by atoms with van der Waals surface area (Å²) in [4.78, 5) is 0. The average Bonchev–Trinajstić information content (AvgIpc) is 2.46. The summed E-state index contributed by atoms with van der Waals surface area (Å²) < 4.78 is 28.3. The fraction of sp³-hybridized carbons (Fsp3) is 0.600. The third kappa shape index (κ3) is 5.30. The van der Waals surface area contributed by atoms with Crippen LogP contribution >= 0.6 is 0 Å². The second kappa shape index (κ2) is 8.36. The van der Waals surface area contributed by atoms with E-state index in [9.17, 15) is 8.42 Å². The Hall–Kier alpha value is -1.11. The standard InChI is InChI=1S/C15H27N3O2S/c1-5-12-16-13(4)14-8-10-15(11-9-14)17-21(19,20)18(6-2)7-3/h8-11,13,16-17H,5-7,12H2,1-4H3. The predicted octanol–water partition coefficient (Wildman–Crippen LogP) is 2.75. The van der Waals surface area contributed by atoms with Gasteiger partial charge in [-0.3, -0.25) is 4.72 Å². The lowest BCUT2D eigenvalue weighted by Gasteiger charge is -2.20. The molecule has 0 aliphatic heterocycles. The summed E-state index contributed by atoms with van der Waals surface area (Å²) in [7, 11) is -3.46. The molecule has 0 radical (unpaired) electrons. The van der Waals surface area contributed by atoms with Crippen molar-refractivity contribution in [1.29, 1.82) is 0 Å². The zero-order valence-corrected chi connectivity index (χ0v) is 14.2. The number of nitrogens with one attached hydrogen (secondary N) is 2. The smallest absolute Gasteiger partial charge is 0.301 e. The molecule has 0 spiro atoms. The van der Waals surface area contributed by atoms with E-state index in [4.69, 9.17) is 0 Å². The number of hydrogen-bond donors (Lipinski definition) is 2. The highest BCUT2D eigenvalue weighted by Gasteiger charge is 2.18. The van der Waals surface area contributed by atoms with Gasteiger partial charge < -0.3 is 5.32 Å². The van der Waals surface area contributed by atoms with Crippen molar-refractivity contribution in [2.75, 3.05) is 24.4 Å². The van der Waals surface area contributed by atoms with Gasteiger partial charge in [0.2, 0.25) is 0 Å². The summed E-state index contributed by atoms with van der Waals surface area (Å²) in [6.45, 7) is 9.77. The molecule has 1 unspecified atom stereocenters. The molecule has 0 aliphatic carbocycles. The van der Waals surface area contributed by atoms with Gasteiger partial charge in [-0.2, -0.15) is 12.7 Å². The average molecular weight is 313 g/mol. The van der Waals surface area contributed by atoms with Crippen LogP contribution in [0.15, 0.2) is 24.3 Å². The Kier molecular flexibility index (Phi) is 7.14. The van der Waals surface area contributed by atoms with Crippen molar-refractivity contribution < 1.29 is 8.42 Å². The van der Waals surface area contributed by atoms with Gasteiger partial charge in [0.15, 0.2) is 0 Å². The Bertz CT molecular complexity index is 510. The molecule has 0 fully saturated rings. The Morgan fingerprint density at radius 3 is 2.14 bits per heavy atom. The zero-order chi connectivity index (χ0) is 15.9. The van der Waals surface area contributed by atoms with E-state index in [1.165, 1.54) is 4.31 Å². The monoisotopic (exact) mass is 313 g/mol. The fourth-order valence-electron chi connectivity index (χ4n) is 2.10. The summed E-state index contributed by atoms with van der Waals surface area (Å²) in [6, 6.07) is 7.78. The molecule has 6 heteroatoms. The Morgan fingerprint density at radius 2 is 1.67 bits per heavy atom. The van der Waals surface area contributed by atoms with Crippen LogP contribution in [0.4, 0.5) is 5.69 Å². The molecule has 1 aromatic rings. The van der Waals surface area contributed by atoms with Gasteiger partial charge in [-0.15, -0.1) is 0 Å². The van der Waals surface area contributed by atoms with Crippen LogP contribution < -0.4 is 10.0 Å². The molecule has 5 nitrogen and oxygen atoms in total. The van der Waals surface area contributed by atoms with E-state index in [0.717, 1.165) is 18.5 Å². The molecule has 0 heterocycles. The van der Waals surface area contributed by atoms with Crippen LogP contribution in [0, 0.1) is 0 Å². The number of rotatable bonds is 9. The summed E-state index contributed by atoms with van der Waals surface area (Å²) in [5.74, 6) is 0. The SMILES string of the molecule is CCCNC(C)c1ccc(NS(=O)(=O)N(CC)CC)cc1. The van der Waals surface area contributed by atoms with Crippen molar-refractivity contribution in [3.63, 3.8) is 0 Å². The Morgan fingerprint density at radius 1 is 1.10 bits per heavy atom. The largest absolute Gasteiger partial charge is 0.310 e. The number of hydrogen-bond acceptors (Lipinski definition) is 3. The van der Waals surface area contributed by atoms with Gasteiger partial charge in [0.25, 0.3) is 0 Å². The molecular formula is C15H27N3O2S. The molecule has 0 bridgehead atoms. The highest BCUT2D eigenvalue weighted by molar-refractivity contribution is 7.90. The molecule has 1 aromatic carbocycles. The summed E-state index contributed by atoms with van der Waals surface area (Å²) in [5, 5.41) is 3.41. The van der Waals surface area contributed by atoms with Crippen molar-refractivity contribution in [3.05, 3.63) is 29.8 Å². The molecule has 0 amide bonds. The van der Waals surface area contributed by atoms with E-state index in [1.54, 1.807) is 12.1 Å². The van der Waals surface area contributed by atoms with E-state index < -0.39 is 10.2 Å². The van der Waals surface area contributed by atoms with Crippen molar-refractivity contribution in [2.24, 2.45) is 0 Å². The Labute approximate surface area is 128 Å². The van der Waals surface area contributed by atoms with Crippen LogP contribution in [0.5, 0.6) is 0 Å². The lowest BCUT2D eigenvalue weighted by molar-refractivity contribution is 0.449. The minimum Gasteiger partial charge on any atom is -0.310 e. The molecule has 0 aliphatic rings. The maximum absolute atomic E-state index is 12.1. The molecule has 2 N–H and O–H groups in total. The van der Waals surface area contributed by atoms with Crippen molar-refractivity contribution >= 4 is 15.9 Å². The highest BCUT2D eigenvalue weighted by atomic mass is 32.2. The molecule has 1 atom stereocenters. The zero-order valence-electron chi connectivity index (χ0n) is 13.4. The van der Waals surface area contributed by atoms with Crippen LogP contribution in [-0.4, -0.2) is 32.4 Å². The topological polar surface area (TPSA) is 61.4 Å². The van der Waals surface area contributed by atoms with Crippen molar-refractivity contribution in [3.8, 4) is 0 Å². The van der Waals surface area contributed by atoms with Crippen LogP contribution in [-0.2, 0) is 10.2 Å². The van der Waals surface area contributed by atoms with Crippen molar-refractivity contribution in [1.82, 2.24) is 9.62 Å². The normalized spacial score (nSPS) is 13.4. The first-order chi connectivity index (χ1) is 9.94. The summed E-state index contributed by atoms with van der Waals surface area (Å²) >= 11 is 0. The first kappa shape index (κ1) is 17.9. The molecule has 0 saturated heterocycles. The van der Waals surface area contributed by atoms with E-state index in [0.29, 0.717) is 18.8 Å². The van der Waals surface area contributed by atoms with Gasteiger partial charge in [-0.25, -0.2) is 0 Å². The van der Waals surface area contributed by atoms with E-state index >= 15 is 0 Å². The molecule has 0 aromatic heterocycles. The minimum atomic E-state index is -3.46. The van der Waals surface area contributed by atoms with E-state index in [1.807, 2.05) is 26.0 Å². The van der Waals surface area contributed by atoms with Crippen LogP contribution in [0.3, 0.4) is 0 Å². The van der Waals surface area contributed by atoms with E-state index in [-0.39, 0.29) is 6.04 Å². The van der Waals surface area contributed by atoms with Gasteiger partial charge in [-0.05, 0) is 37.6 Å². The summed E-state index contributed by atoms with van der Waals surface area (Å²) in [6.07, 6.45) is 1.09. The summed E-state index contributed by atoms with van der Waals surface area (Å²) in [5.41, 5.74) is 1.74. The van der Waals surface area contributed by atoms with Gasteiger partial charge in [0.05, 0.1) is 0 Å². The maximum Gasteiger partial charge on any atom is 0.301 e.